The fraction of sp³-hybridized carbons (Fsp3) is 0.222. The molecule has 248 valence electrons. The maximum absolute atomic E-state index is 13.4. The third kappa shape index (κ3) is 6.82. The van der Waals surface area contributed by atoms with E-state index < -0.39 is 11.6 Å². The van der Waals surface area contributed by atoms with Crippen molar-refractivity contribution < 1.29 is 39.6 Å². The summed E-state index contributed by atoms with van der Waals surface area (Å²) in [5.41, 5.74) is 2.70. The van der Waals surface area contributed by atoms with Gasteiger partial charge in [0.1, 0.15) is 11.5 Å². The van der Waals surface area contributed by atoms with Gasteiger partial charge in [0.25, 0.3) is 0 Å². The molecule has 12 heteroatoms. The quantitative estimate of drug-likeness (QED) is 0.0711. The molecule has 0 aromatic heterocycles. The molecule has 0 saturated heterocycles. The first kappa shape index (κ1) is 33.9. The minimum absolute atomic E-state index is 0.00939. The highest BCUT2D eigenvalue weighted by molar-refractivity contribution is 6.33. The number of aromatic hydroxyl groups is 2. The number of anilines is 2. The number of ketones is 4. The molecule has 2 aliphatic rings. The summed E-state index contributed by atoms with van der Waals surface area (Å²) >= 11 is 0. The summed E-state index contributed by atoms with van der Waals surface area (Å²) in [5.74, 6) is -1.99. The lowest BCUT2D eigenvalue weighted by Crippen LogP contribution is -2.28. The Bertz CT molecular complexity index is 1690. The minimum Gasteiger partial charge on any atom is -0.507 e. The van der Waals surface area contributed by atoms with Gasteiger partial charge in [0.2, 0.25) is 11.6 Å². The zero-order valence-corrected chi connectivity index (χ0v) is 26.0. The first-order chi connectivity index (χ1) is 23.3. The third-order valence-corrected chi connectivity index (χ3v) is 7.92. The molecule has 6 rings (SSSR count). The van der Waals surface area contributed by atoms with Crippen molar-refractivity contribution in [2.24, 2.45) is 0 Å². The first-order valence-electron chi connectivity index (χ1n) is 15.5. The van der Waals surface area contributed by atoms with Gasteiger partial charge < -0.3 is 41.7 Å². The number of aliphatic hydroxyl groups excluding tert-OH is 2. The Kier molecular flexibility index (Phi) is 10.9. The number of nitrogens with one attached hydrogen (secondary N) is 4. The summed E-state index contributed by atoms with van der Waals surface area (Å²) in [5, 5.41) is 50.6. The molecule has 48 heavy (non-hydrogen) atoms. The van der Waals surface area contributed by atoms with Crippen molar-refractivity contribution >= 4 is 34.5 Å². The van der Waals surface area contributed by atoms with E-state index in [9.17, 15) is 29.4 Å². The highest BCUT2D eigenvalue weighted by atomic mass is 16.3. The SMILES string of the molecule is O=C1c2c(O)ccc(O)c2C(=O)c2c(NCCNCCO)ccc(NCCNCCO)c21.O=C1c2ccccc2C(=O)c2ccccc21. The number of aliphatic hydroxyl groups is 2. The van der Waals surface area contributed by atoms with Crippen LogP contribution in [-0.2, 0) is 0 Å². The number of phenolic OH excluding ortho intramolecular Hbond substituents is 2. The molecule has 0 unspecified atom stereocenters. The van der Waals surface area contributed by atoms with Gasteiger partial charge in [0.05, 0.1) is 35.5 Å². The van der Waals surface area contributed by atoms with E-state index in [0.29, 0.717) is 72.9 Å². The highest BCUT2D eigenvalue weighted by Gasteiger charge is 2.38. The lowest BCUT2D eigenvalue weighted by molar-refractivity contribution is 0.0975. The monoisotopic (exact) mass is 652 g/mol. The van der Waals surface area contributed by atoms with Crippen LogP contribution in [0.1, 0.15) is 63.7 Å². The Morgan fingerprint density at radius 1 is 0.417 bits per heavy atom. The molecule has 0 spiro atoms. The molecular weight excluding hydrogens is 616 g/mol. The average molecular weight is 653 g/mol. The average Bonchev–Trinajstić information content (AvgIpc) is 3.10. The molecule has 0 heterocycles. The van der Waals surface area contributed by atoms with Crippen molar-refractivity contribution in [1.82, 2.24) is 10.6 Å². The van der Waals surface area contributed by atoms with Gasteiger partial charge in [0, 0.05) is 72.9 Å². The van der Waals surface area contributed by atoms with Crippen LogP contribution in [0.25, 0.3) is 0 Å². The van der Waals surface area contributed by atoms with E-state index in [4.69, 9.17) is 10.2 Å². The predicted octanol–water partition coefficient (Wildman–Crippen LogP) is 2.32. The van der Waals surface area contributed by atoms with Gasteiger partial charge in [-0.15, -0.1) is 0 Å². The second kappa shape index (κ2) is 15.5. The summed E-state index contributed by atoms with van der Waals surface area (Å²) in [6, 6.07) is 19.6. The molecule has 12 nitrogen and oxygen atoms in total. The topological polar surface area (TPSA) is 197 Å². The summed E-state index contributed by atoms with van der Waals surface area (Å²) in [6.07, 6.45) is 0. The largest absolute Gasteiger partial charge is 0.507 e. The van der Waals surface area contributed by atoms with Crippen LogP contribution in [0.3, 0.4) is 0 Å². The molecule has 0 aliphatic heterocycles. The second-order valence-electron chi connectivity index (χ2n) is 11.0. The van der Waals surface area contributed by atoms with Crippen LogP contribution in [0, 0.1) is 0 Å². The van der Waals surface area contributed by atoms with E-state index in [1.165, 1.54) is 12.1 Å². The van der Waals surface area contributed by atoms with Crippen LogP contribution < -0.4 is 21.3 Å². The molecule has 0 fully saturated rings. The summed E-state index contributed by atoms with van der Waals surface area (Å²) in [4.78, 5) is 50.9. The zero-order valence-electron chi connectivity index (χ0n) is 26.0. The van der Waals surface area contributed by atoms with E-state index >= 15 is 0 Å². The van der Waals surface area contributed by atoms with Crippen molar-refractivity contribution in [3.63, 3.8) is 0 Å². The van der Waals surface area contributed by atoms with Crippen LogP contribution in [0.4, 0.5) is 11.4 Å². The highest BCUT2D eigenvalue weighted by Crippen LogP contribution is 2.42. The van der Waals surface area contributed by atoms with E-state index in [2.05, 4.69) is 21.3 Å². The van der Waals surface area contributed by atoms with E-state index in [-0.39, 0.29) is 58.5 Å². The maximum Gasteiger partial charge on any atom is 0.200 e. The molecule has 4 aromatic carbocycles. The number of rotatable bonds is 12. The van der Waals surface area contributed by atoms with E-state index in [1.54, 1.807) is 60.7 Å². The van der Waals surface area contributed by atoms with Gasteiger partial charge in [-0.2, -0.15) is 0 Å². The Morgan fingerprint density at radius 2 is 0.771 bits per heavy atom. The van der Waals surface area contributed by atoms with Gasteiger partial charge >= 0.3 is 0 Å². The zero-order chi connectivity index (χ0) is 34.2. The maximum atomic E-state index is 13.4. The smallest absolute Gasteiger partial charge is 0.200 e. The molecule has 0 atom stereocenters. The van der Waals surface area contributed by atoms with E-state index in [1.807, 2.05) is 0 Å². The number of phenols is 2. The van der Waals surface area contributed by atoms with Gasteiger partial charge in [-0.1, -0.05) is 48.5 Å². The molecule has 0 bridgehead atoms. The van der Waals surface area contributed by atoms with E-state index in [0.717, 1.165) is 0 Å². The Morgan fingerprint density at radius 3 is 1.10 bits per heavy atom. The number of carbonyl (C=O) groups is 4. The fourth-order valence-corrected chi connectivity index (χ4v) is 5.69. The lowest BCUT2D eigenvalue weighted by atomic mass is 9.81. The van der Waals surface area contributed by atoms with Crippen LogP contribution in [0.2, 0.25) is 0 Å². The van der Waals surface area contributed by atoms with Crippen molar-refractivity contribution in [3.8, 4) is 11.5 Å². The normalized spacial score (nSPS) is 12.7. The Balaban J connectivity index is 0.000000233. The molecule has 2 aliphatic carbocycles. The number of carbonyl (C=O) groups excluding carboxylic acids is 4. The van der Waals surface area contributed by atoms with Gasteiger partial charge in [-0.3, -0.25) is 19.2 Å². The fourth-order valence-electron chi connectivity index (χ4n) is 5.69. The van der Waals surface area contributed by atoms with Gasteiger partial charge in [-0.05, 0) is 24.3 Å². The Hall–Kier alpha value is -5.40. The number of benzene rings is 4. The van der Waals surface area contributed by atoms with Crippen molar-refractivity contribution in [3.05, 3.63) is 117 Å². The van der Waals surface area contributed by atoms with Crippen LogP contribution in [0.15, 0.2) is 72.8 Å². The summed E-state index contributed by atoms with van der Waals surface area (Å²) in [6.45, 7) is 2.81. The molecular formula is C36H36N4O8. The molecule has 0 radical (unpaired) electrons. The van der Waals surface area contributed by atoms with Crippen LogP contribution in [0.5, 0.6) is 11.5 Å². The number of fused-ring (bicyclic) bond motifs is 4. The number of hydrogen-bond acceptors (Lipinski definition) is 12. The number of hydrogen-bond donors (Lipinski definition) is 8. The van der Waals surface area contributed by atoms with Crippen molar-refractivity contribution in [1.29, 1.82) is 0 Å². The minimum atomic E-state index is -0.559. The lowest BCUT2D eigenvalue weighted by Gasteiger charge is -2.25. The van der Waals surface area contributed by atoms with Crippen molar-refractivity contribution in [2.75, 3.05) is 63.1 Å². The second-order valence-corrected chi connectivity index (χ2v) is 11.0. The predicted molar refractivity (Wildman–Crippen MR) is 180 cm³/mol. The molecule has 0 saturated carbocycles. The third-order valence-electron chi connectivity index (χ3n) is 7.92. The summed E-state index contributed by atoms with van der Waals surface area (Å²) < 4.78 is 0. The molecule has 8 N–H and O–H groups in total. The van der Waals surface area contributed by atoms with Gasteiger partial charge in [-0.25, -0.2) is 0 Å². The molecule has 0 amide bonds. The van der Waals surface area contributed by atoms with Crippen LogP contribution >= 0.6 is 0 Å². The summed E-state index contributed by atoms with van der Waals surface area (Å²) in [7, 11) is 0. The Labute approximate surface area is 276 Å². The molecule has 4 aromatic rings. The standard InChI is InChI=1S/C22H28N4O6.C14H8O2/c27-11-9-23-5-7-25-13-1-2-14(26-8-6-24-10-12-28)18-17(13)21(31)19-15(29)3-4-16(30)20(19)22(18)32;15-13-9-5-1-2-6-10(9)14(16)12-8-4-3-7-11(12)13/h1-4,23-30H,5-12H2;1-8H. The first-order valence-corrected chi connectivity index (χ1v) is 15.5. The van der Waals surface area contributed by atoms with Gasteiger partial charge in [0.15, 0.2) is 11.6 Å². The van der Waals surface area contributed by atoms with Crippen LogP contribution in [-0.4, -0.2) is 96.0 Å². The van der Waals surface area contributed by atoms with Crippen molar-refractivity contribution in [2.45, 2.75) is 0 Å².